The number of nitro groups is 1. The molecule has 0 aliphatic heterocycles. The highest BCUT2D eigenvalue weighted by Crippen LogP contribution is 2.43. The van der Waals surface area contributed by atoms with Crippen molar-refractivity contribution in [3.05, 3.63) is 99.6 Å². The molecular formula is C30H35NO7. The Morgan fingerprint density at radius 1 is 0.816 bits per heavy atom. The van der Waals surface area contributed by atoms with E-state index in [4.69, 9.17) is 18.9 Å². The van der Waals surface area contributed by atoms with Gasteiger partial charge in [0.1, 0.15) is 17.6 Å². The van der Waals surface area contributed by atoms with Crippen LogP contribution in [0.2, 0.25) is 0 Å². The molecule has 0 bridgehead atoms. The van der Waals surface area contributed by atoms with Gasteiger partial charge in [0.15, 0.2) is 6.10 Å². The van der Waals surface area contributed by atoms with Crippen molar-refractivity contribution in [2.45, 2.75) is 39.4 Å². The van der Waals surface area contributed by atoms with Crippen LogP contribution in [-0.4, -0.2) is 31.7 Å². The molecule has 0 saturated heterocycles. The number of ether oxygens (including phenoxy) is 4. The van der Waals surface area contributed by atoms with E-state index >= 15 is 0 Å². The second-order valence-corrected chi connectivity index (χ2v) is 9.52. The maximum absolute atomic E-state index is 13.5. The quantitative estimate of drug-likeness (QED) is 0.144. The molecule has 0 spiro atoms. The van der Waals surface area contributed by atoms with Crippen LogP contribution in [0.4, 0.5) is 5.69 Å². The standard InChI is InChI=1S/C30H35NO7/c1-20(2)19-37-28(24-10-6-8-12-26(24)35-4)29(25-11-7-9-13-27(25)36-5)38-30(32)21(3)18-22-14-16-23(17-15-22)31(33)34/h6-17,20-21,28-29H,18-19H2,1-5H3/t21?,28-,29+/m0/s1. The van der Waals surface area contributed by atoms with Gasteiger partial charge < -0.3 is 18.9 Å². The highest BCUT2D eigenvalue weighted by molar-refractivity contribution is 5.73. The lowest BCUT2D eigenvalue weighted by Crippen LogP contribution is -2.26. The maximum atomic E-state index is 13.5. The Hall–Kier alpha value is -3.91. The lowest BCUT2D eigenvalue weighted by atomic mass is 9.95. The Morgan fingerprint density at radius 2 is 1.34 bits per heavy atom. The molecule has 0 heterocycles. The molecule has 8 heteroatoms. The number of carbonyl (C=O) groups excluding carboxylic acids is 1. The Morgan fingerprint density at radius 3 is 1.84 bits per heavy atom. The van der Waals surface area contributed by atoms with E-state index in [0.29, 0.717) is 30.1 Å². The van der Waals surface area contributed by atoms with E-state index in [1.54, 1.807) is 33.3 Å². The number of carbonyl (C=O) groups is 1. The zero-order valence-electron chi connectivity index (χ0n) is 22.5. The molecule has 3 rings (SSSR count). The number of nitro benzene ring substituents is 1. The minimum atomic E-state index is -0.826. The van der Waals surface area contributed by atoms with Gasteiger partial charge in [-0.25, -0.2) is 0 Å². The van der Waals surface area contributed by atoms with Crippen LogP contribution in [0.3, 0.4) is 0 Å². The van der Waals surface area contributed by atoms with E-state index in [2.05, 4.69) is 13.8 Å². The Balaban J connectivity index is 1.97. The molecule has 0 aliphatic rings. The summed E-state index contributed by atoms with van der Waals surface area (Å²) in [6, 6.07) is 21.1. The summed E-state index contributed by atoms with van der Waals surface area (Å²) >= 11 is 0. The van der Waals surface area contributed by atoms with Crippen molar-refractivity contribution in [2.24, 2.45) is 11.8 Å². The van der Waals surface area contributed by atoms with Gasteiger partial charge in [0.05, 0.1) is 25.1 Å². The van der Waals surface area contributed by atoms with Crippen LogP contribution in [0.5, 0.6) is 11.5 Å². The first-order valence-corrected chi connectivity index (χ1v) is 12.6. The number of hydrogen-bond acceptors (Lipinski definition) is 7. The first-order chi connectivity index (χ1) is 18.2. The summed E-state index contributed by atoms with van der Waals surface area (Å²) < 4.78 is 23.9. The summed E-state index contributed by atoms with van der Waals surface area (Å²) in [7, 11) is 3.16. The van der Waals surface area contributed by atoms with Crippen LogP contribution in [0, 0.1) is 22.0 Å². The van der Waals surface area contributed by atoms with Gasteiger partial charge in [-0.05, 0) is 30.0 Å². The lowest BCUT2D eigenvalue weighted by molar-refractivity contribution is -0.384. The topological polar surface area (TPSA) is 97.1 Å². The van der Waals surface area contributed by atoms with Crippen LogP contribution in [0.25, 0.3) is 0 Å². The molecule has 0 fully saturated rings. The van der Waals surface area contributed by atoms with Gasteiger partial charge in [-0.2, -0.15) is 0 Å². The lowest BCUT2D eigenvalue weighted by Gasteiger charge is -2.31. The minimum absolute atomic E-state index is 0.00201. The number of methoxy groups -OCH3 is 2. The minimum Gasteiger partial charge on any atom is -0.496 e. The van der Waals surface area contributed by atoms with Crippen LogP contribution in [0.15, 0.2) is 72.8 Å². The summed E-state index contributed by atoms with van der Waals surface area (Å²) in [6.07, 6.45) is -1.13. The number of para-hydroxylation sites is 2. The van der Waals surface area contributed by atoms with Gasteiger partial charge in [0, 0.05) is 29.9 Å². The molecule has 0 amide bonds. The van der Waals surface area contributed by atoms with E-state index in [1.807, 2.05) is 48.5 Å². The summed E-state index contributed by atoms with van der Waals surface area (Å²) in [5.41, 5.74) is 2.22. The van der Waals surface area contributed by atoms with Crippen LogP contribution < -0.4 is 9.47 Å². The van der Waals surface area contributed by atoms with E-state index in [-0.39, 0.29) is 11.6 Å². The Labute approximate surface area is 223 Å². The van der Waals surface area contributed by atoms with Gasteiger partial charge in [-0.1, -0.05) is 69.3 Å². The summed E-state index contributed by atoms with van der Waals surface area (Å²) in [6.45, 7) is 6.31. The molecule has 0 N–H and O–H groups in total. The average Bonchev–Trinajstić information content (AvgIpc) is 2.92. The van der Waals surface area contributed by atoms with Crippen molar-refractivity contribution in [2.75, 3.05) is 20.8 Å². The molecule has 3 aromatic carbocycles. The molecule has 3 aromatic rings. The van der Waals surface area contributed by atoms with Crippen molar-refractivity contribution in [1.29, 1.82) is 0 Å². The number of hydrogen-bond donors (Lipinski definition) is 0. The van der Waals surface area contributed by atoms with Gasteiger partial charge in [-0.15, -0.1) is 0 Å². The summed E-state index contributed by atoms with van der Waals surface area (Å²) in [5, 5.41) is 11.0. The predicted molar refractivity (Wildman–Crippen MR) is 144 cm³/mol. The fourth-order valence-electron chi connectivity index (χ4n) is 4.16. The second kappa shape index (κ2) is 13.6. The molecule has 0 saturated carbocycles. The number of non-ortho nitro benzene ring substituents is 1. The van der Waals surface area contributed by atoms with E-state index in [9.17, 15) is 14.9 Å². The number of benzene rings is 3. The van der Waals surface area contributed by atoms with Gasteiger partial charge >= 0.3 is 5.97 Å². The molecule has 202 valence electrons. The zero-order chi connectivity index (χ0) is 27.7. The number of rotatable bonds is 13. The second-order valence-electron chi connectivity index (χ2n) is 9.52. The van der Waals surface area contributed by atoms with Gasteiger partial charge in [-0.3, -0.25) is 14.9 Å². The number of nitrogens with zero attached hydrogens (tertiary/aromatic N) is 1. The van der Waals surface area contributed by atoms with Crippen molar-refractivity contribution < 1.29 is 28.7 Å². The SMILES string of the molecule is COc1ccccc1[C@@H](OC(=O)C(C)Cc1ccc([N+](=O)[O-])cc1)[C@@H](OCC(C)C)c1ccccc1OC. The third-order valence-electron chi connectivity index (χ3n) is 6.11. The molecule has 8 nitrogen and oxygen atoms in total. The first-order valence-electron chi connectivity index (χ1n) is 12.6. The van der Waals surface area contributed by atoms with Crippen LogP contribution in [-0.2, 0) is 20.7 Å². The van der Waals surface area contributed by atoms with Crippen LogP contribution >= 0.6 is 0 Å². The smallest absolute Gasteiger partial charge is 0.309 e. The van der Waals surface area contributed by atoms with Crippen molar-refractivity contribution in [3.8, 4) is 11.5 Å². The van der Waals surface area contributed by atoms with E-state index < -0.39 is 29.0 Å². The Bertz CT molecular complexity index is 1210. The summed E-state index contributed by atoms with van der Waals surface area (Å²) in [4.78, 5) is 24.0. The van der Waals surface area contributed by atoms with Gasteiger partial charge in [0.25, 0.3) is 5.69 Å². The third kappa shape index (κ3) is 7.32. The van der Waals surface area contributed by atoms with E-state index in [0.717, 1.165) is 11.1 Å². The number of esters is 1. The fourth-order valence-corrected chi connectivity index (χ4v) is 4.16. The van der Waals surface area contributed by atoms with Crippen molar-refractivity contribution in [3.63, 3.8) is 0 Å². The molecule has 0 radical (unpaired) electrons. The fraction of sp³-hybridized carbons (Fsp3) is 0.367. The predicted octanol–water partition coefficient (Wildman–Crippen LogP) is 6.49. The first kappa shape index (κ1) is 28.7. The molecule has 1 unspecified atom stereocenters. The average molecular weight is 522 g/mol. The highest BCUT2D eigenvalue weighted by atomic mass is 16.6. The zero-order valence-corrected chi connectivity index (χ0v) is 22.5. The highest BCUT2D eigenvalue weighted by Gasteiger charge is 2.34. The monoisotopic (exact) mass is 521 g/mol. The molecule has 0 aromatic heterocycles. The third-order valence-corrected chi connectivity index (χ3v) is 6.11. The van der Waals surface area contributed by atoms with Crippen LogP contribution in [0.1, 0.15) is 49.7 Å². The molecular weight excluding hydrogens is 486 g/mol. The maximum Gasteiger partial charge on any atom is 0.309 e. The van der Waals surface area contributed by atoms with E-state index in [1.165, 1.54) is 12.1 Å². The molecule has 0 aliphatic carbocycles. The van der Waals surface area contributed by atoms with Crippen molar-refractivity contribution in [1.82, 2.24) is 0 Å². The normalized spacial score (nSPS) is 13.4. The largest absolute Gasteiger partial charge is 0.496 e. The Kier molecular flexibility index (Phi) is 10.2. The van der Waals surface area contributed by atoms with Gasteiger partial charge in [0.2, 0.25) is 0 Å². The molecule has 3 atom stereocenters. The molecule has 38 heavy (non-hydrogen) atoms. The van der Waals surface area contributed by atoms with Crippen molar-refractivity contribution >= 4 is 11.7 Å². The summed E-state index contributed by atoms with van der Waals surface area (Å²) in [5.74, 6) is 0.490.